The molecule has 136 valence electrons. The van der Waals surface area contributed by atoms with E-state index in [1.54, 1.807) is 0 Å². The van der Waals surface area contributed by atoms with E-state index in [1.165, 1.54) is 32.1 Å². The zero-order chi connectivity index (χ0) is 17.8. The second kappa shape index (κ2) is 6.04. The lowest BCUT2D eigenvalue weighted by molar-refractivity contribution is -0.148. The molecule has 0 N–H and O–H groups in total. The van der Waals surface area contributed by atoms with Crippen molar-refractivity contribution < 1.29 is 4.79 Å². The van der Waals surface area contributed by atoms with Crippen LogP contribution in [0.25, 0.3) is 10.9 Å². The number of benzene rings is 1. The van der Waals surface area contributed by atoms with Gasteiger partial charge in [-0.15, -0.1) is 0 Å². The number of hydrogen-bond acceptors (Lipinski definition) is 3. The first-order valence-electron chi connectivity index (χ1n) is 10.1. The van der Waals surface area contributed by atoms with Crippen LogP contribution in [-0.4, -0.2) is 27.8 Å². The molecule has 6 rings (SSSR count). The van der Waals surface area contributed by atoms with Crippen molar-refractivity contribution >= 4 is 16.8 Å². The van der Waals surface area contributed by atoms with Gasteiger partial charge in [-0.25, -0.2) is 9.97 Å². The predicted octanol–water partition coefficient (Wildman–Crippen LogP) is 3.97. The Kier molecular flexibility index (Phi) is 3.77. The minimum absolute atomic E-state index is 0.245. The number of carbonyl (C=O) groups is 1. The fraction of sp³-hybridized carbons (Fsp3) is 0.591. The van der Waals surface area contributed by atoms with E-state index in [2.05, 4.69) is 16.0 Å². The molecular formula is C22H27N3O. The highest BCUT2D eigenvalue weighted by Crippen LogP contribution is 2.56. The van der Waals surface area contributed by atoms with Crippen molar-refractivity contribution in [3.05, 3.63) is 35.8 Å². The highest BCUT2D eigenvalue weighted by molar-refractivity contribution is 5.81. The largest absolute Gasteiger partial charge is 0.338 e. The lowest BCUT2D eigenvalue weighted by Gasteiger charge is -2.54. The number of hydrogen-bond donors (Lipinski definition) is 0. The highest BCUT2D eigenvalue weighted by atomic mass is 16.2. The van der Waals surface area contributed by atoms with Crippen LogP contribution in [-0.2, 0) is 11.3 Å². The third kappa shape index (κ3) is 2.62. The molecule has 1 amide bonds. The summed E-state index contributed by atoms with van der Waals surface area (Å²) in [5.74, 6) is 4.38. The normalized spacial score (nSPS) is 32.2. The Morgan fingerprint density at radius 2 is 1.69 bits per heavy atom. The van der Waals surface area contributed by atoms with Gasteiger partial charge in [0.05, 0.1) is 12.1 Å². The molecule has 0 aliphatic heterocycles. The van der Waals surface area contributed by atoms with E-state index < -0.39 is 0 Å². The third-order valence-electron chi connectivity index (χ3n) is 7.11. The van der Waals surface area contributed by atoms with Crippen LogP contribution in [0.3, 0.4) is 0 Å². The minimum atomic E-state index is 0.245. The molecule has 4 bridgehead atoms. The molecule has 1 aromatic heterocycles. The van der Waals surface area contributed by atoms with Crippen molar-refractivity contribution in [2.75, 3.05) is 7.05 Å². The van der Waals surface area contributed by atoms with Crippen LogP contribution in [0.15, 0.2) is 24.3 Å². The number of aromatic nitrogens is 2. The summed E-state index contributed by atoms with van der Waals surface area (Å²) in [4.78, 5) is 24.5. The van der Waals surface area contributed by atoms with Crippen LogP contribution in [0, 0.1) is 36.5 Å². The predicted molar refractivity (Wildman–Crippen MR) is 101 cm³/mol. The van der Waals surface area contributed by atoms with E-state index in [-0.39, 0.29) is 5.92 Å². The number of carbonyl (C=O) groups excluding carboxylic acids is 1. The van der Waals surface area contributed by atoms with Crippen LogP contribution in [0.5, 0.6) is 0 Å². The summed E-state index contributed by atoms with van der Waals surface area (Å²) in [7, 11) is 1.93. The monoisotopic (exact) mass is 349 g/mol. The summed E-state index contributed by atoms with van der Waals surface area (Å²) in [6.45, 7) is 2.53. The van der Waals surface area contributed by atoms with Gasteiger partial charge in [-0.2, -0.15) is 0 Å². The van der Waals surface area contributed by atoms with Gasteiger partial charge in [-0.3, -0.25) is 4.79 Å². The van der Waals surface area contributed by atoms with Gasteiger partial charge in [0.25, 0.3) is 0 Å². The molecule has 0 atom stereocenters. The van der Waals surface area contributed by atoms with Gasteiger partial charge in [0.15, 0.2) is 0 Å². The molecule has 26 heavy (non-hydrogen) atoms. The molecule has 4 saturated carbocycles. The van der Waals surface area contributed by atoms with Crippen molar-refractivity contribution in [3.63, 3.8) is 0 Å². The molecule has 4 nitrogen and oxygen atoms in total. The number of amides is 1. The fourth-order valence-electron chi connectivity index (χ4n) is 6.24. The Morgan fingerprint density at radius 3 is 2.38 bits per heavy atom. The van der Waals surface area contributed by atoms with Crippen LogP contribution >= 0.6 is 0 Å². The van der Waals surface area contributed by atoms with E-state index in [1.807, 2.05) is 37.1 Å². The summed E-state index contributed by atoms with van der Waals surface area (Å²) >= 11 is 0. The maximum Gasteiger partial charge on any atom is 0.226 e. The van der Waals surface area contributed by atoms with Crippen molar-refractivity contribution in [1.29, 1.82) is 0 Å². The molecule has 1 aromatic carbocycles. The van der Waals surface area contributed by atoms with Crippen LogP contribution in [0.2, 0.25) is 0 Å². The van der Waals surface area contributed by atoms with Gasteiger partial charge in [-0.05, 0) is 68.8 Å². The van der Waals surface area contributed by atoms with Gasteiger partial charge in [-0.1, -0.05) is 18.2 Å². The molecule has 0 radical (unpaired) electrons. The standard InChI is InChI=1S/C22H27N3O/c1-13-18-5-3-4-6-19(18)24-20(23-13)12-25(2)22(26)21-16-8-14-7-15(10-16)11-17(21)9-14/h3-6,14-17,21H,7-12H2,1-2H3. The molecule has 4 fully saturated rings. The first kappa shape index (κ1) is 16.2. The Labute approximate surface area is 155 Å². The zero-order valence-corrected chi connectivity index (χ0v) is 15.7. The van der Waals surface area contributed by atoms with Gasteiger partial charge in [0.2, 0.25) is 5.91 Å². The lowest BCUT2D eigenvalue weighted by Crippen LogP contribution is -2.51. The van der Waals surface area contributed by atoms with E-state index in [0.29, 0.717) is 24.3 Å². The van der Waals surface area contributed by atoms with E-state index >= 15 is 0 Å². The quantitative estimate of drug-likeness (QED) is 0.842. The molecule has 4 heteroatoms. The summed E-state index contributed by atoms with van der Waals surface area (Å²) in [6.07, 6.45) is 6.55. The first-order chi connectivity index (χ1) is 12.6. The van der Waals surface area contributed by atoms with Crippen LogP contribution < -0.4 is 0 Å². The number of aryl methyl sites for hydroxylation is 1. The lowest BCUT2D eigenvalue weighted by atomic mass is 9.51. The summed E-state index contributed by atoms with van der Waals surface area (Å²) in [5, 5.41) is 1.09. The zero-order valence-electron chi connectivity index (χ0n) is 15.7. The Bertz CT molecular complexity index is 834. The fourth-order valence-corrected chi connectivity index (χ4v) is 6.24. The molecule has 0 saturated heterocycles. The second-order valence-electron chi connectivity index (χ2n) is 8.89. The summed E-state index contributed by atoms with van der Waals surface area (Å²) < 4.78 is 0. The number of nitrogens with zero attached hydrogens (tertiary/aromatic N) is 3. The van der Waals surface area contributed by atoms with Crippen LogP contribution in [0.4, 0.5) is 0 Å². The Balaban J connectivity index is 1.35. The second-order valence-corrected chi connectivity index (χ2v) is 8.89. The van der Waals surface area contributed by atoms with Crippen molar-refractivity contribution in [3.8, 4) is 0 Å². The van der Waals surface area contributed by atoms with E-state index in [4.69, 9.17) is 0 Å². The van der Waals surface area contributed by atoms with Crippen molar-refractivity contribution in [1.82, 2.24) is 14.9 Å². The number of rotatable bonds is 3. The topological polar surface area (TPSA) is 46.1 Å². The maximum absolute atomic E-state index is 13.3. The van der Waals surface area contributed by atoms with Crippen LogP contribution in [0.1, 0.15) is 43.6 Å². The molecule has 2 aromatic rings. The SMILES string of the molecule is Cc1nc(CN(C)C(=O)C2C3CC4CC(C3)CC2C4)nc2ccccc12. The third-order valence-corrected chi connectivity index (χ3v) is 7.11. The minimum Gasteiger partial charge on any atom is -0.338 e. The average Bonchev–Trinajstić information content (AvgIpc) is 2.60. The van der Waals surface area contributed by atoms with Gasteiger partial charge in [0, 0.05) is 24.0 Å². The van der Waals surface area contributed by atoms with Gasteiger partial charge in [0.1, 0.15) is 5.82 Å². The average molecular weight is 349 g/mol. The van der Waals surface area contributed by atoms with E-state index in [9.17, 15) is 4.79 Å². The number of para-hydroxylation sites is 1. The van der Waals surface area contributed by atoms with Crippen molar-refractivity contribution in [2.45, 2.75) is 45.6 Å². The highest BCUT2D eigenvalue weighted by Gasteiger charge is 2.51. The van der Waals surface area contributed by atoms with Gasteiger partial charge >= 0.3 is 0 Å². The molecule has 0 unspecified atom stereocenters. The summed E-state index contributed by atoms with van der Waals surface area (Å²) in [5.41, 5.74) is 1.95. The van der Waals surface area contributed by atoms with Gasteiger partial charge < -0.3 is 4.90 Å². The Morgan fingerprint density at radius 1 is 1.04 bits per heavy atom. The molecule has 1 heterocycles. The first-order valence-corrected chi connectivity index (χ1v) is 10.1. The molecular weight excluding hydrogens is 322 g/mol. The smallest absolute Gasteiger partial charge is 0.226 e. The van der Waals surface area contributed by atoms with Crippen molar-refractivity contribution in [2.24, 2.45) is 29.6 Å². The number of fused-ring (bicyclic) bond motifs is 1. The summed E-state index contributed by atoms with van der Waals surface area (Å²) in [6, 6.07) is 8.09. The molecule has 4 aliphatic rings. The molecule has 0 spiro atoms. The molecule has 4 aliphatic carbocycles. The Hall–Kier alpha value is -1.97. The maximum atomic E-state index is 13.3. The van der Waals surface area contributed by atoms with E-state index in [0.717, 1.165) is 34.3 Å².